The van der Waals surface area contributed by atoms with Gasteiger partial charge in [-0.05, 0) is 12.8 Å². The molecule has 3 rings (SSSR count). The summed E-state index contributed by atoms with van der Waals surface area (Å²) in [5, 5.41) is 19.1. The molecule has 3 N–H and O–H groups in total. The number of Topliss-reactive ketones (excluding diaryl/α,β-unsaturated/α-hetero) is 1. The minimum absolute atomic E-state index is 0.226. The fourth-order valence-corrected chi connectivity index (χ4v) is 2.95. The third kappa shape index (κ3) is 1.62. The van der Waals surface area contributed by atoms with Crippen molar-refractivity contribution in [2.45, 2.75) is 38.1 Å². The number of nitrogens with zero attached hydrogens (tertiary/aromatic N) is 1. The van der Waals surface area contributed by atoms with Crippen molar-refractivity contribution >= 4 is 11.5 Å². The summed E-state index contributed by atoms with van der Waals surface area (Å²) in [5.41, 5.74) is -2.03. The van der Waals surface area contributed by atoms with E-state index < -0.39 is 28.6 Å². The zero-order valence-corrected chi connectivity index (χ0v) is 10.7. The molecule has 106 valence electrons. The molecule has 7 nitrogen and oxygen atoms in total. The van der Waals surface area contributed by atoms with Gasteiger partial charge in [-0.25, -0.2) is 4.79 Å². The van der Waals surface area contributed by atoms with Crippen molar-refractivity contribution in [1.29, 1.82) is 0 Å². The first-order valence-corrected chi connectivity index (χ1v) is 6.58. The van der Waals surface area contributed by atoms with E-state index in [2.05, 4.69) is 4.98 Å². The topological polar surface area (TPSA) is 112 Å². The van der Waals surface area contributed by atoms with Gasteiger partial charge in [0, 0.05) is 6.04 Å². The number of aromatic nitrogens is 2. The van der Waals surface area contributed by atoms with Gasteiger partial charge in [0.05, 0.1) is 0 Å². The van der Waals surface area contributed by atoms with Gasteiger partial charge < -0.3 is 15.2 Å². The third-order valence-electron chi connectivity index (χ3n) is 3.98. The SMILES string of the molecule is O=C1C(O)=C(O)c2c1[nH]c(=O)n(C1CCCCC1)c2=O. The van der Waals surface area contributed by atoms with Crippen molar-refractivity contribution in [3.05, 3.63) is 37.9 Å². The zero-order valence-electron chi connectivity index (χ0n) is 10.7. The Hall–Kier alpha value is -2.31. The second kappa shape index (κ2) is 4.36. The van der Waals surface area contributed by atoms with Crippen molar-refractivity contribution in [3.63, 3.8) is 0 Å². The average Bonchev–Trinajstić information content (AvgIpc) is 2.65. The molecule has 1 saturated carbocycles. The maximum absolute atomic E-state index is 12.4. The highest BCUT2D eigenvalue weighted by atomic mass is 16.3. The second-order valence-electron chi connectivity index (χ2n) is 5.17. The first kappa shape index (κ1) is 12.7. The summed E-state index contributed by atoms with van der Waals surface area (Å²) in [6.07, 6.45) is 4.36. The van der Waals surface area contributed by atoms with Crippen molar-refractivity contribution in [2.75, 3.05) is 0 Å². The molecule has 0 aromatic carbocycles. The number of fused-ring (bicyclic) bond motifs is 1. The summed E-state index contributed by atoms with van der Waals surface area (Å²) in [6.45, 7) is 0. The molecule has 2 aliphatic carbocycles. The number of aliphatic hydroxyl groups excluding tert-OH is 2. The molecule has 0 saturated heterocycles. The summed E-state index contributed by atoms with van der Waals surface area (Å²) in [7, 11) is 0. The molecule has 0 unspecified atom stereocenters. The van der Waals surface area contributed by atoms with E-state index in [1.807, 2.05) is 0 Å². The van der Waals surface area contributed by atoms with Gasteiger partial charge in [0.1, 0.15) is 11.3 Å². The van der Waals surface area contributed by atoms with E-state index in [4.69, 9.17) is 0 Å². The van der Waals surface area contributed by atoms with Gasteiger partial charge in [0.2, 0.25) is 11.5 Å². The lowest BCUT2D eigenvalue weighted by Gasteiger charge is -2.23. The molecule has 2 aliphatic rings. The highest BCUT2D eigenvalue weighted by Gasteiger charge is 2.35. The number of aromatic amines is 1. The van der Waals surface area contributed by atoms with Crippen LogP contribution in [0.3, 0.4) is 0 Å². The zero-order chi connectivity index (χ0) is 14.4. The van der Waals surface area contributed by atoms with Crippen LogP contribution in [0.4, 0.5) is 0 Å². The minimum Gasteiger partial charge on any atom is -0.504 e. The van der Waals surface area contributed by atoms with E-state index in [-0.39, 0.29) is 17.3 Å². The van der Waals surface area contributed by atoms with Gasteiger partial charge in [0.15, 0.2) is 5.76 Å². The summed E-state index contributed by atoms with van der Waals surface area (Å²) >= 11 is 0. The number of carbonyl (C=O) groups excluding carboxylic acids is 1. The van der Waals surface area contributed by atoms with Crippen LogP contribution < -0.4 is 11.2 Å². The second-order valence-corrected chi connectivity index (χ2v) is 5.17. The van der Waals surface area contributed by atoms with Crippen LogP contribution in [0.2, 0.25) is 0 Å². The van der Waals surface area contributed by atoms with Crippen LogP contribution in [0.15, 0.2) is 15.3 Å². The normalized spacial score (nSPS) is 19.5. The molecule has 1 heterocycles. The van der Waals surface area contributed by atoms with Gasteiger partial charge in [-0.3, -0.25) is 14.2 Å². The van der Waals surface area contributed by atoms with E-state index in [1.54, 1.807) is 0 Å². The van der Waals surface area contributed by atoms with Crippen molar-refractivity contribution < 1.29 is 15.0 Å². The van der Waals surface area contributed by atoms with Crippen molar-refractivity contribution in [3.8, 4) is 0 Å². The molecule has 1 aromatic heterocycles. The summed E-state index contributed by atoms with van der Waals surface area (Å²) in [5.74, 6) is -2.58. The van der Waals surface area contributed by atoms with Crippen molar-refractivity contribution in [1.82, 2.24) is 9.55 Å². The largest absolute Gasteiger partial charge is 0.504 e. The molecule has 0 atom stereocenters. The van der Waals surface area contributed by atoms with E-state index in [1.165, 1.54) is 0 Å². The maximum atomic E-state index is 12.4. The molecule has 0 bridgehead atoms. The van der Waals surface area contributed by atoms with Crippen LogP contribution in [0.5, 0.6) is 0 Å². The lowest BCUT2D eigenvalue weighted by molar-refractivity contribution is 0.0976. The molecule has 1 aromatic rings. The number of aliphatic hydroxyl groups is 2. The fourth-order valence-electron chi connectivity index (χ4n) is 2.95. The summed E-state index contributed by atoms with van der Waals surface area (Å²) in [6, 6.07) is -0.226. The first-order valence-electron chi connectivity index (χ1n) is 6.58. The Morgan fingerprint density at radius 2 is 1.65 bits per heavy atom. The minimum atomic E-state index is -0.928. The molecule has 0 aliphatic heterocycles. The maximum Gasteiger partial charge on any atom is 0.329 e. The van der Waals surface area contributed by atoms with E-state index >= 15 is 0 Å². The molecule has 20 heavy (non-hydrogen) atoms. The van der Waals surface area contributed by atoms with Gasteiger partial charge in [-0.15, -0.1) is 0 Å². The van der Waals surface area contributed by atoms with Crippen LogP contribution in [0.1, 0.15) is 54.2 Å². The van der Waals surface area contributed by atoms with E-state index in [9.17, 15) is 24.6 Å². The number of carbonyl (C=O) groups is 1. The third-order valence-corrected chi connectivity index (χ3v) is 3.98. The standard InChI is InChI=1S/C13H14N2O5/c16-9-7-8(10(17)11(9)18)14-13(20)15(12(7)19)6-4-2-1-3-5-6/h6H,1-5H2,(H,14,20)(H2,16,17,18). The Labute approximate surface area is 113 Å². The molecule has 0 radical (unpaired) electrons. The molecular formula is C13H14N2O5. The Balaban J connectivity index is 2.22. The number of rotatable bonds is 1. The predicted molar refractivity (Wildman–Crippen MR) is 70.0 cm³/mol. The Kier molecular flexibility index (Phi) is 2.77. The van der Waals surface area contributed by atoms with Gasteiger partial charge in [-0.2, -0.15) is 0 Å². The lowest BCUT2D eigenvalue weighted by Crippen LogP contribution is -2.41. The highest BCUT2D eigenvalue weighted by molar-refractivity contribution is 6.16. The van der Waals surface area contributed by atoms with Crippen LogP contribution >= 0.6 is 0 Å². The fraction of sp³-hybridized carbons (Fsp3) is 0.462. The number of H-pyrrole nitrogens is 1. The lowest BCUT2D eigenvalue weighted by atomic mass is 9.95. The quantitative estimate of drug-likeness (QED) is 0.710. The molecule has 0 amide bonds. The Morgan fingerprint density at radius 1 is 1.00 bits per heavy atom. The van der Waals surface area contributed by atoms with Gasteiger partial charge in [0.25, 0.3) is 5.56 Å². The predicted octanol–water partition coefficient (Wildman–Crippen LogP) is 1.02. The molecule has 0 spiro atoms. The first-order chi connectivity index (χ1) is 9.52. The van der Waals surface area contributed by atoms with E-state index in [0.29, 0.717) is 12.8 Å². The number of ketones is 1. The van der Waals surface area contributed by atoms with Gasteiger partial charge >= 0.3 is 5.69 Å². The molecule has 1 fully saturated rings. The number of nitrogens with one attached hydrogen (secondary N) is 1. The summed E-state index contributed by atoms with van der Waals surface area (Å²) in [4.78, 5) is 38.3. The average molecular weight is 278 g/mol. The number of allylic oxidation sites excluding steroid dienone is 1. The van der Waals surface area contributed by atoms with Gasteiger partial charge in [-0.1, -0.05) is 19.3 Å². The van der Waals surface area contributed by atoms with Crippen molar-refractivity contribution in [2.24, 2.45) is 0 Å². The van der Waals surface area contributed by atoms with Crippen LogP contribution in [-0.4, -0.2) is 25.5 Å². The Morgan fingerprint density at radius 3 is 2.30 bits per heavy atom. The number of hydrogen-bond acceptors (Lipinski definition) is 5. The number of hydrogen-bond donors (Lipinski definition) is 3. The Bertz CT molecular complexity index is 734. The van der Waals surface area contributed by atoms with Crippen LogP contribution in [0.25, 0.3) is 5.76 Å². The molecule has 7 heteroatoms. The molecular weight excluding hydrogens is 264 g/mol. The van der Waals surface area contributed by atoms with E-state index in [0.717, 1.165) is 23.8 Å². The van der Waals surface area contributed by atoms with Crippen LogP contribution in [-0.2, 0) is 0 Å². The highest BCUT2D eigenvalue weighted by Crippen LogP contribution is 2.28. The van der Waals surface area contributed by atoms with Crippen LogP contribution in [0, 0.1) is 0 Å². The monoisotopic (exact) mass is 278 g/mol. The smallest absolute Gasteiger partial charge is 0.329 e. The summed E-state index contributed by atoms with van der Waals surface area (Å²) < 4.78 is 1.06.